The van der Waals surface area contributed by atoms with Crippen molar-refractivity contribution < 1.29 is 19.0 Å². The van der Waals surface area contributed by atoms with E-state index in [2.05, 4.69) is 0 Å². The third kappa shape index (κ3) is 3.08. The van der Waals surface area contributed by atoms with Crippen LogP contribution in [0.3, 0.4) is 0 Å². The van der Waals surface area contributed by atoms with Crippen LogP contribution in [0.5, 0.6) is 5.75 Å². The van der Waals surface area contributed by atoms with Crippen molar-refractivity contribution in [3.05, 3.63) is 29.6 Å². The number of rotatable bonds is 6. The average molecular weight is 296 g/mol. The minimum atomic E-state index is -0.705. The van der Waals surface area contributed by atoms with Gasteiger partial charge in [-0.05, 0) is 42.2 Å². The van der Waals surface area contributed by atoms with E-state index in [1.54, 1.807) is 17.8 Å². The maximum Gasteiger partial charge on any atom is 0.303 e. The molecule has 1 aliphatic heterocycles. The Bertz CT molecular complexity index is 528. The molecule has 1 saturated carbocycles. The van der Waals surface area contributed by atoms with Crippen LogP contribution in [0.15, 0.2) is 18.2 Å². The third-order valence-electron chi connectivity index (χ3n) is 3.96. The highest BCUT2D eigenvalue weighted by atomic mass is 32.2. The number of halogens is 1. The lowest BCUT2D eigenvalue weighted by atomic mass is 10.1. The van der Waals surface area contributed by atoms with Crippen molar-refractivity contribution in [3.63, 3.8) is 0 Å². The van der Waals surface area contributed by atoms with Gasteiger partial charge in [-0.25, -0.2) is 4.39 Å². The molecular weight excluding hydrogens is 279 g/mol. The standard InChI is InChI=1S/C15H17FO3S/c16-11-1-2-13-10(5-11)6-12(19-13)8-20-9-15(3-4-15)7-14(17)18/h1-2,5,12H,3-4,6-9H2,(H,17,18). The van der Waals surface area contributed by atoms with Crippen LogP contribution < -0.4 is 4.74 Å². The van der Waals surface area contributed by atoms with Gasteiger partial charge in [-0.15, -0.1) is 0 Å². The van der Waals surface area contributed by atoms with Crippen LogP contribution in [0.1, 0.15) is 24.8 Å². The second kappa shape index (κ2) is 5.28. The highest BCUT2D eigenvalue weighted by Gasteiger charge is 2.44. The molecule has 1 atom stereocenters. The Morgan fingerprint density at radius 1 is 1.50 bits per heavy atom. The van der Waals surface area contributed by atoms with Crippen molar-refractivity contribution in [2.45, 2.75) is 31.8 Å². The van der Waals surface area contributed by atoms with Gasteiger partial charge >= 0.3 is 5.97 Å². The van der Waals surface area contributed by atoms with E-state index in [4.69, 9.17) is 9.84 Å². The number of carboxylic acid groups (broad SMARTS) is 1. The quantitative estimate of drug-likeness (QED) is 0.876. The number of benzene rings is 1. The predicted octanol–water partition coefficient (Wildman–Crippen LogP) is 3.12. The van der Waals surface area contributed by atoms with Crippen LogP contribution in [0.4, 0.5) is 4.39 Å². The van der Waals surface area contributed by atoms with Crippen LogP contribution >= 0.6 is 11.8 Å². The van der Waals surface area contributed by atoms with Gasteiger partial charge in [0, 0.05) is 17.7 Å². The molecule has 0 bridgehead atoms. The van der Waals surface area contributed by atoms with E-state index in [-0.39, 0.29) is 23.8 Å². The van der Waals surface area contributed by atoms with Gasteiger partial charge in [-0.3, -0.25) is 4.79 Å². The highest BCUT2D eigenvalue weighted by Crippen LogP contribution is 2.51. The summed E-state index contributed by atoms with van der Waals surface area (Å²) in [7, 11) is 0. The number of fused-ring (bicyclic) bond motifs is 1. The van der Waals surface area contributed by atoms with Crippen LogP contribution in [0, 0.1) is 11.2 Å². The van der Waals surface area contributed by atoms with E-state index >= 15 is 0 Å². The van der Waals surface area contributed by atoms with Crippen molar-refractivity contribution >= 4 is 17.7 Å². The normalized spacial score (nSPS) is 22.1. The lowest BCUT2D eigenvalue weighted by Crippen LogP contribution is -2.18. The van der Waals surface area contributed by atoms with Crippen LogP contribution in [0.2, 0.25) is 0 Å². The molecule has 1 heterocycles. The van der Waals surface area contributed by atoms with Gasteiger partial charge in [0.15, 0.2) is 0 Å². The lowest BCUT2D eigenvalue weighted by molar-refractivity contribution is -0.138. The van der Waals surface area contributed by atoms with E-state index in [0.717, 1.165) is 42.1 Å². The van der Waals surface area contributed by atoms with Crippen molar-refractivity contribution in [1.82, 2.24) is 0 Å². The number of aliphatic carboxylic acids is 1. The molecule has 0 saturated heterocycles. The smallest absolute Gasteiger partial charge is 0.303 e. The second-order valence-corrected chi connectivity index (χ2v) is 6.81. The van der Waals surface area contributed by atoms with Gasteiger partial charge in [-0.1, -0.05) is 0 Å². The zero-order valence-corrected chi connectivity index (χ0v) is 11.9. The van der Waals surface area contributed by atoms with Crippen molar-refractivity contribution in [2.75, 3.05) is 11.5 Å². The summed E-state index contributed by atoms with van der Waals surface area (Å²) in [4.78, 5) is 10.8. The predicted molar refractivity (Wildman–Crippen MR) is 75.8 cm³/mol. The van der Waals surface area contributed by atoms with E-state index in [0.29, 0.717) is 0 Å². The molecule has 20 heavy (non-hydrogen) atoms. The molecular formula is C15H17FO3S. The molecule has 1 aromatic rings. The van der Waals surface area contributed by atoms with Gasteiger partial charge < -0.3 is 9.84 Å². The molecule has 0 radical (unpaired) electrons. The Labute approximate surface area is 121 Å². The summed E-state index contributed by atoms with van der Waals surface area (Å²) < 4.78 is 18.9. The number of ether oxygens (including phenoxy) is 1. The summed E-state index contributed by atoms with van der Waals surface area (Å²) in [6.07, 6.45) is 3.13. The van der Waals surface area contributed by atoms with Gasteiger partial charge in [0.1, 0.15) is 17.7 Å². The zero-order valence-electron chi connectivity index (χ0n) is 11.1. The fourth-order valence-electron chi connectivity index (χ4n) is 2.66. The first-order valence-electron chi connectivity index (χ1n) is 6.81. The van der Waals surface area contributed by atoms with Gasteiger partial charge in [-0.2, -0.15) is 11.8 Å². The largest absolute Gasteiger partial charge is 0.489 e. The van der Waals surface area contributed by atoms with Gasteiger partial charge in [0.25, 0.3) is 0 Å². The molecule has 0 spiro atoms. The lowest BCUT2D eigenvalue weighted by Gasteiger charge is -2.14. The first-order chi connectivity index (χ1) is 9.56. The summed E-state index contributed by atoms with van der Waals surface area (Å²) in [5, 5.41) is 8.87. The molecule has 108 valence electrons. The number of thioether (sulfide) groups is 1. The zero-order chi connectivity index (χ0) is 14.2. The molecule has 1 unspecified atom stereocenters. The molecule has 1 aromatic carbocycles. The Morgan fingerprint density at radius 2 is 2.30 bits per heavy atom. The average Bonchev–Trinajstić information content (AvgIpc) is 2.99. The minimum absolute atomic E-state index is 0.0219. The van der Waals surface area contributed by atoms with Crippen molar-refractivity contribution in [2.24, 2.45) is 5.41 Å². The number of carboxylic acids is 1. The van der Waals surface area contributed by atoms with E-state index in [1.807, 2.05) is 0 Å². The Morgan fingerprint density at radius 3 is 3.00 bits per heavy atom. The van der Waals surface area contributed by atoms with Crippen LogP contribution in [-0.2, 0) is 11.2 Å². The fourth-order valence-corrected chi connectivity index (χ4v) is 4.05. The van der Waals surface area contributed by atoms with Crippen molar-refractivity contribution in [3.8, 4) is 5.75 Å². The van der Waals surface area contributed by atoms with Gasteiger partial charge in [0.05, 0.1) is 6.42 Å². The van der Waals surface area contributed by atoms with Gasteiger partial charge in [0.2, 0.25) is 0 Å². The minimum Gasteiger partial charge on any atom is -0.489 e. The summed E-state index contributed by atoms with van der Waals surface area (Å²) >= 11 is 1.75. The van der Waals surface area contributed by atoms with Crippen LogP contribution in [0.25, 0.3) is 0 Å². The molecule has 3 rings (SSSR count). The Balaban J connectivity index is 1.46. The topological polar surface area (TPSA) is 46.5 Å². The van der Waals surface area contributed by atoms with E-state index < -0.39 is 5.97 Å². The fraction of sp³-hybridized carbons (Fsp3) is 0.533. The molecule has 1 aliphatic carbocycles. The molecule has 1 fully saturated rings. The third-order valence-corrected chi connectivity index (χ3v) is 5.38. The molecule has 2 aliphatic rings. The maximum atomic E-state index is 13.1. The summed E-state index contributed by atoms with van der Waals surface area (Å²) in [5.74, 6) is 1.56. The van der Waals surface area contributed by atoms with Crippen molar-refractivity contribution in [1.29, 1.82) is 0 Å². The van der Waals surface area contributed by atoms with Crippen LogP contribution in [-0.4, -0.2) is 28.7 Å². The first-order valence-corrected chi connectivity index (χ1v) is 7.96. The SMILES string of the molecule is O=C(O)CC1(CSCC2Cc3cc(F)ccc3O2)CC1. The number of hydrogen-bond donors (Lipinski definition) is 1. The summed E-state index contributed by atoms with van der Waals surface area (Å²) in [6, 6.07) is 4.63. The van der Waals surface area contributed by atoms with E-state index in [9.17, 15) is 9.18 Å². The Kier molecular flexibility index (Phi) is 3.63. The monoisotopic (exact) mass is 296 g/mol. The molecule has 1 N–H and O–H groups in total. The summed E-state index contributed by atoms with van der Waals surface area (Å²) in [6.45, 7) is 0. The van der Waals surface area contributed by atoms with E-state index in [1.165, 1.54) is 12.1 Å². The number of hydrogen-bond acceptors (Lipinski definition) is 3. The molecule has 0 aromatic heterocycles. The maximum absolute atomic E-state index is 13.1. The summed E-state index contributed by atoms with van der Waals surface area (Å²) in [5.41, 5.74) is 0.955. The molecule has 5 heteroatoms. The first kappa shape index (κ1) is 13.7. The second-order valence-electron chi connectivity index (χ2n) is 5.78. The highest BCUT2D eigenvalue weighted by molar-refractivity contribution is 7.99. The molecule has 0 amide bonds. The molecule has 3 nitrogen and oxygen atoms in total. The Hall–Kier alpha value is -1.23. The number of carbonyl (C=O) groups is 1.